The Kier molecular flexibility index (Phi) is 68.4. The van der Waals surface area contributed by atoms with Gasteiger partial charge in [0, 0.05) is 12.8 Å². The number of hydrogen-bond acceptors (Lipinski definition) is 5. The molecule has 0 aromatic heterocycles. The van der Waals surface area contributed by atoms with Crippen molar-refractivity contribution in [3.05, 3.63) is 0 Å². The van der Waals surface area contributed by atoms with E-state index in [-0.39, 0.29) is 18.5 Å². The second-order valence-electron chi connectivity index (χ2n) is 25.6. The van der Waals surface area contributed by atoms with E-state index in [0.717, 1.165) is 38.5 Å². The number of hydrogen-bond donors (Lipinski definition) is 3. The van der Waals surface area contributed by atoms with Crippen LogP contribution in [0, 0.1) is 0 Å². The molecule has 1 amide bonds. The summed E-state index contributed by atoms with van der Waals surface area (Å²) in [5, 5.41) is 23.4. The fourth-order valence-electron chi connectivity index (χ4n) is 12.1. The highest BCUT2D eigenvalue weighted by Gasteiger charge is 2.20. The summed E-state index contributed by atoms with van der Waals surface area (Å²) in [5.41, 5.74) is 0. The van der Waals surface area contributed by atoms with Gasteiger partial charge in [0.05, 0.1) is 25.4 Å². The summed E-state index contributed by atoms with van der Waals surface area (Å²) in [5.74, 6) is -0.00283. The minimum Gasteiger partial charge on any atom is -0.466 e. The average molecular weight is 1120 g/mol. The van der Waals surface area contributed by atoms with Crippen molar-refractivity contribution in [1.82, 2.24) is 5.32 Å². The molecule has 0 aliphatic heterocycles. The van der Waals surface area contributed by atoms with Crippen molar-refractivity contribution in [2.45, 2.75) is 443 Å². The minimum atomic E-state index is -0.661. The van der Waals surface area contributed by atoms with Crippen molar-refractivity contribution in [3.8, 4) is 0 Å². The van der Waals surface area contributed by atoms with E-state index in [1.54, 1.807) is 0 Å². The van der Waals surface area contributed by atoms with Gasteiger partial charge in [-0.05, 0) is 25.7 Å². The van der Waals surface area contributed by atoms with Crippen molar-refractivity contribution >= 4 is 11.9 Å². The second kappa shape index (κ2) is 69.4. The first-order valence-corrected chi connectivity index (χ1v) is 36.8. The first kappa shape index (κ1) is 77.9. The summed E-state index contributed by atoms with van der Waals surface area (Å²) in [6, 6.07) is -0.538. The van der Waals surface area contributed by atoms with Gasteiger partial charge in [0.15, 0.2) is 0 Å². The largest absolute Gasteiger partial charge is 0.466 e. The molecule has 6 heteroatoms. The first-order valence-electron chi connectivity index (χ1n) is 36.8. The Morgan fingerprint density at radius 2 is 0.519 bits per heavy atom. The Bertz CT molecular complexity index is 1150. The lowest BCUT2D eigenvalue weighted by atomic mass is 10.0. The first-order chi connectivity index (χ1) is 39.0. The van der Waals surface area contributed by atoms with Gasteiger partial charge >= 0.3 is 5.97 Å². The van der Waals surface area contributed by atoms with Gasteiger partial charge in [-0.1, -0.05) is 393 Å². The Morgan fingerprint density at radius 3 is 0.772 bits per heavy atom. The van der Waals surface area contributed by atoms with E-state index in [4.69, 9.17) is 4.74 Å². The maximum Gasteiger partial charge on any atom is 0.305 e. The molecular weight excluding hydrogens is 971 g/mol. The van der Waals surface area contributed by atoms with E-state index in [1.807, 2.05) is 0 Å². The fraction of sp³-hybridized carbons (Fsp3) is 0.973. The number of unbranched alkanes of at least 4 members (excludes halogenated alkanes) is 59. The van der Waals surface area contributed by atoms with Gasteiger partial charge in [-0.15, -0.1) is 0 Å². The van der Waals surface area contributed by atoms with Crippen LogP contribution in [0.2, 0.25) is 0 Å². The molecule has 0 aliphatic rings. The van der Waals surface area contributed by atoms with Crippen molar-refractivity contribution in [2.75, 3.05) is 13.2 Å². The van der Waals surface area contributed by atoms with Gasteiger partial charge in [0.2, 0.25) is 5.91 Å². The van der Waals surface area contributed by atoms with E-state index < -0.39 is 12.1 Å². The standard InChI is InChI=1S/C73H145NO5/c1-3-5-7-9-11-13-15-17-19-21-35-39-43-47-51-55-59-63-67-73(78)79-68-64-60-56-52-48-44-40-36-33-31-29-27-25-23-22-24-26-28-30-32-34-38-42-46-50-54-58-62-66-72(77)74-70(69-75)71(76)65-61-57-53-49-45-41-37-20-18-16-14-12-10-8-6-4-2/h70-71,75-76H,3-69H2,1-2H3,(H,74,77). The van der Waals surface area contributed by atoms with Crippen molar-refractivity contribution in [3.63, 3.8) is 0 Å². The third-order valence-corrected chi connectivity index (χ3v) is 17.7. The topological polar surface area (TPSA) is 95.9 Å². The molecule has 0 bridgehead atoms. The van der Waals surface area contributed by atoms with Gasteiger partial charge in [-0.25, -0.2) is 0 Å². The molecule has 0 saturated carbocycles. The molecule has 0 saturated heterocycles. The van der Waals surface area contributed by atoms with Crippen LogP contribution in [0.3, 0.4) is 0 Å². The monoisotopic (exact) mass is 1120 g/mol. The number of esters is 1. The Labute approximate surface area is 496 Å². The summed E-state index contributed by atoms with van der Waals surface area (Å²) in [7, 11) is 0. The highest BCUT2D eigenvalue weighted by Crippen LogP contribution is 2.20. The summed E-state index contributed by atoms with van der Waals surface area (Å²) in [6.45, 7) is 5.01. The smallest absolute Gasteiger partial charge is 0.305 e. The van der Waals surface area contributed by atoms with Crippen LogP contribution >= 0.6 is 0 Å². The number of nitrogens with one attached hydrogen (secondary N) is 1. The van der Waals surface area contributed by atoms with Crippen LogP contribution in [-0.2, 0) is 14.3 Å². The molecule has 0 fully saturated rings. The molecule has 0 heterocycles. The summed E-state index contributed by atoms with van der Waals surface area (Å²) >= 11 is 0. The van der Waals surface area contributed by atoms with E-state index >= 15 is 0 Å². The highest BCUT2D eigenvalue weighted by atomic mass is 16.5. The maximum atomic E-state index is 12.5. The summed E-state index contributed by atoms with van der Waals surface area (Å²) in [6.07, 6.45) is 84.5. The van der Waals surface area contributed by atoms with E-state index in [1.165, 1.54) is 360 Å². The highest BCUT2D eigenvalue weighted by molar-refractivity contribution is 5.76. The minimum absolute atomic E-state index is 0.0246. The normalized spacial score (nSPS) is 12.4. The molecule has 79 heavy (non-hydrogen) atoms. The Morgan fingerprint density at radius 1 is 0.304 bits per heavy atom. The fourth-order valence-corrected chi connectivity index (χ4v) is 12.1. The molecule has 0 rings (SSSR count). The molecule has 472 valence electrons. The molecule has 0 aromatic carbocycles. The number of aliphatic hydroxyl groups is 2. The lowest BCUT2D eigenvalue weighted by Crippen LogP contribution is -2.45. The molecule has 2 unspecified atom stereocenters. The molecular formula is C73H145NO5. The molecule has 3 N–H and O–H groups in total. The molecule has 0 spiro atoms. The SMILES string of the molecule is CCCCCCCCCCCCCCCCCCCCC(=O)OCCCCCCCCCCCCCCCCCCCCCCCCCCCCCCC(=O)NC(CO)C(O)CCCCCCCCCCCCCCCCCC. The number of aliphatic hydroxyl groups excluding tert-OH is 2. The van der Waals surface area contributed by atoms with Crippen LogP contribution in [0.4, 0.5) is 0 Å². The van der Waals surface area contributed by atoms with Crippen LogP contribution in [-0.4, -0.2) is 47.4 Å². The lowest BCUT2D eigenvalue weighted by molar-refractivity contribution is -0.143. The van der Waals surface area contributed by atoms with Gasteiger partial charge in [0.1, 0.15) is 0 Å². The number of carbonyl (C=O) groups excluding carboxylic acids is 2. The van der Waals surface area contributed by atoms with Crippen LogP contribution < -0.4 is 5.32 Å². The number of amides is 1. The molecule has 0 aromatic rings. The van der Waals surface area contributed by atoms with Gasteiger partial charge in [-0.3, -0.25) is 9.59 Å². The summed E-state index contributed by atoms with van der Waals surface area (Å²) < 4.78 is 5.52. The van der Waals surface area contributed by atoms with Crippen LogP contribution in [0.1, 0.15) is 431 Å². The predicted molar refractivity (Wildman–Crippen MR) is 347 cm³/mol. The van der Waals surface area contributed by atoms with E-state index in [0.29, 0.717) is 25.9 Å². The molecule has 0 radical (unpaired) electrons. The van der Waals surface area contributed by atoms with Crippen molar-refractivity contribution in [2.24, 2.45) is 0 Å². The van der Waals surface area contributed by atoms with Crippen LogP contribution in [0.25, 0.3) is 0 Å². The zero-order chi connectivity index (χ0) is 57.1. The quantitative estimate of drug-likeness (QED) is 0.0417. The molecule has 2 atom stereocenters. The summed E-state index contributed by atoms with van der Waals surface area (Å²) in [4.78, 5) is 24.6. The van der Waals surface area contributed by atoms with Crippen LogP contribution in [0.5, 0.6) is 0 Å². The Balaban J connectivity index is 3.31. The predicted octanol–water partition coefficient (Wildman–Crippen LogP) is 23.8. The van der Waals surface area contributed by atoms with Crippen molar-refractivity contribution in [1.29, 1.82) is 0 Å². The maximum absolute atomic E-state index is 12.5. The van der Waals surface area contributed by atoms with Gasteiger partial charge < -0.3 is 20.3 Å². The van der Waals surface area contributed by atoms with Crippen LogP contribution in [0.15, 0.2) is 0 Å². The second-order valence-corrected chi connectivity index (χ2v) is 25.6. The van der Waals surface area contributed by atoms with Crippen molar-refractivity contribution < 1.29 is 24.5 Å². The lowest BCUT2D eigenvalue weighted by Gasteiger charge is -2.22. The Hall–Kier alpha value is -1.14. The number of ether oxygens (including phenoxy) is 1. The number of rotatable bonds is 70. The zero-order valence-corrected chi connectivity index (χ0v) is 54.2. The average Bonchev–Trinajstić information content (AvgIpc) is 3.45. The third-order valence-electron chi connectivity index (χ3n) is 17.7. The van der Waals surface area contributed by atoms with E-state index in [9.17, 15) is 19.8 Å². The molecule has 0 aliphatic carbocycles. The van der Waals surface area contributed by atoms with Gasteiger partial charge in [0.25, 0.3) is 0 Å². The molecule has 6 nitrogen and oxygen atoms in total. The van der Waals surface area contributed by atoms with E-state index in [2.05, 4.69) is 19.2 Å². The van der Waals surface area contributed by atoms with Gasteiger partial charge in [-0.2, -0.15) is 0 Å². The number of carbonyl (C=O) groups is 2. The third kappa shape index (κ3) is 65.9. The zero-order valence-electron chi connectivity index (χ0n) is 54.2.